The van der Waals surface area contributed by atoms with Crippen molar-refractivity contribution in [1.29, 1.82) is 0 Å². The molecule has 1 atom stereocenters. The molecule has 0 fully saturated rings. The SMILES string of the molecule is CCCCn1c(N)c(N(Cc2ccco2)C(=O)CC2C=CCC2)c(=O)[nH]c1=O. The predicted octanol–water partition coefficient (Wildman–Crippen LogP) is 2.40. The van der Waals surface area contributed by atoms with Gasteiger partial charge in [-0.15, -0.1) is 0 Å². The first-order valence-corrected chi connectivity index (χ1v) is 9.63. The number of aromatic nitrogens is 2. The molecule has 150 valence electrons. The number of nitrogen functional groups attached to an aromatic ring is 1. The number of hydrogen-bond acceptors (Lipinski definition) is 5. The van der Waals surface area contributed by atoms with Crippen molar-refractivity contribution >= 4 is 17.4 Å². The van der Waals surface area contributed by atoms with Crippen molar-refractivity contribution < 1.29 is 9.21 Å². The maximum atomic E-state index is 13.1. The number of amides is 1. The Morgan fingerprint density at radius 1 is 1.43 bits per heavy atom. The molecule has 2 heterocycles. The summed E-state index contributed by atoms with van der Waals surface area (Å²) >= 11 is 0. The maximum Gasteiger partial charge on any atom is 0.330 e. The quantitative estimate of drug-likeness (QED) is 0.676. The number of anilines is 2. The number of hydrogen-bond donors (Lipinski definition) is 2. The van der Waals surface area contributed by atoms with E-state index in [1.807, 2.05) is 13.0 Å². The minimum Gasteiger partial charge on any atom is -0.467 e. The van der Waals surface area contributed by atoms with Gasteiger partial charge in [0, 0.05) is 13.0 Å². The Kier molecular flexibility index (Phi) is 6.18. The van der Waals surface area contributed by atoms with E-state index in [-0.39, 0.29) is 36.3 Å². The van der Waals surface area contributed by atoms with Crippen LogP contribution in [0.2, 0.25) is 0 Å². The van der Waals surface area contributed by atoms with E-state index in [4.69, 9.17) is 10.2 Å². The largest absolute Gasteiger partial charge is 0.467 e. The van der Waals surface area contributed by atoms with Crippen molar-refractivity contribution in [3.05, 3.63) is 57.1 Å². The van der Waals surface area contributed by atoms with Crippen LogP contribution < -0.4 is 21.9 Å². The lowest BCUT2D eigenvalue weighted by Gasteiger charge is -2.24. The number of H-pyrrole nitrogens is 1. The number of unbranched alkanes of at least 4 members (excludes halogenated alkanes) is 1. The molecule has 3 N–H and O–H groups in total. The number of nitrogens with one attached hydrogen (secondary N) is 1. The molecule has 0 saturated carbocycles. The second kappa shape index (κ2) is 8.77. The standard InChI is InChI=1S/C20H26N4O4/c1-2-3-10-23-18(21)17(19(26)22-20(23)27)24(13-15-9-6-11-28-15)16(25)12-14-7-4-5-8-14/h4,6-7,9,11,14H,2-3,5,8,10,12-13,21H2,1H3,(H,22,26,27). The smallest absolute Gasteiger partial charge is 0.330 e. The number of aromatic amines is 1. The molecule has 1 unspecified atom stereocenters. The lowest BCUT2D eigenvalue weighted by Crippen LogP contribution is -2.41. The molecule has 2 aromatic rings. The van der Waals surface area contributed by atoms with Crippen LogP contribution in [-0.4, -0.2) is 15.5 Å². The number of nitrogens with two attached hydrogens (primary N) is 1. The molecule has 1 amide bonds. The molecule has 0 saturated heterocycles. The topological polar surface area (TPSA) is 114 Å². The third-order valence-electron chi connectivity index (χ3n) is 4.96. The number of rotatable bonds is 8. The Bertz CT molecular complexity index is 956. The van der Waals surface area contributed by atoms with Gasteiger partial charge < -0.3 is 10.2 Å². The third kappa shape index (κ3) is 4.27. The average molecular weight is 386 g/mol. The molecule has 0 aromatic carbocycles. The van der Waals surface area contributed by atoms with Crippen LogP contribution in [0.4, 0.5) is 11.5 Å². The molecule has 28 heavy (non-hydrogen) atoms. The maximum absolute atomic E-state index is 13.1. The van der Waals surface area contributed by atoms with Gasteiger partial charge in [-0.25, -0.2) is 4.79 Å². The molecule has 0 radical (unpaired) electrons. The monoisotopic (exact) mass is 386 g/mol. The summed E-state index contributed by atoms with van der Waals surface area (Å²) in [5.41, 5.74) is 4.97. The summed E-state index contributed by atoms with van der Waals surface area (Å²) in [4.78, 5) is 41.5. The van der Waals surface area contributed by atoms with Gasteiger partial charge in [-0.05, 0) is 37.3 Å². The Morgan fingerprint density at radius 2 is 2.25 bits per heavy atom. The second-order valence-corrected chi connectivity index (χ2v) is 7.03. The van der Waals surface area contributed by atoms with Gasteiger partial charge in [0.25, 0.3) is 5.56 Å². The summed E-state index contributed by atoms with van der Waals surface area (Å²) in [5, 5.41) is 0. The van der Waals surface area contributed by atoms with Gasteiger partial charge in [-0.3, -0.25) is 24.0 Å². The minimum atomic E-state index is -0.669. The second-order valence-electron chi connectivity index (χ2n) is 7.03. The first kappa shape index (κ1) is 19.7. The zero-order valence-electron chi connectivity index (χ0n) is 16.0. The summed E-state index contributed by atoms with van der Waals surface area (Å²) in [7, 11) is 0. The number of allylic oxidation sites excluding steroid dienone is 2. The van der Waals surface area contributed by atoms with E-state index in [2.05, 4.69) is 11.1 Å². The summed E-state index contributed by atoms with van der Waals surface area (Å²) < 4.78 is 6.69. The van der Waals surface area contributed by atoms with Gasteiger partial charge in [0.05, 0.1) is 12.8 Å². The van der Waals surface area contributed by atoms with Crippen molar-refractivity contribution in [1.82, 2.24) is 9.55 Å². The van der Waals surface area contributed by atoms with Crippen molar-refractivity contribution in [2.45, 2.75) is 52.1 Å². The third-order valence-corrected chi connectivity index (χ3v) is 4.96. The highest BCUT2D eigenvalue weighted by molar-refractivity contribution is 5.95. The Morgan fingerprint density at radius 3 is 2.89 bits per heavy atom. The summed E-state index contributed by atoms with van der Waals surface area (Å²) in [6.45, 7) is 2.44. The van der Waals surface area contributed by atoms with Crippen molar-refractivity contribution in [3.8, 4) is 0 Å². The molecule has 1 aliphatic carbocycles. The fraction of sp³-hybridized carbons (Fsp3) is 0.450. The fourth-order valence-electron chi connectivity index (χ4n) is 3.43. The van der Waals surface area contributed by atoms with Crippen molar-refractivity contribution in [3.63, 3.8) is 0 Å². The van der Waals surface area contributed by atoms with Crippen molar-refractivity contribution in [2.75, 3.05) is 10.6 Å². The molecule has 0 aliphatic heterocycles. The van der Waals surface area contributed by atoms with Crippen LogP contribution in [0.3, 0.4) is 0 Å². The van der Waals surface area contributed by atoms with Crippen LogP contribution in [0.15, 0.2) is 44.6 Å². The Labute approximate surface area is 162 Å². The fourth-order valence-corrected chi connectivity index (χ4v) is 3.43. The molecular weight excluding hydrogens is 360 g/mol. The van der Waals surface area contributed by atoms with Crippen LogP contribution in [0.25, 0.3) is 0 Å². The van der Waals surface area contributed by atoms with Gasteiger partial charge in [0.2, 0.25) is 5.91 Å². The van der Waals surface area contributed by atoms with E-state index in [1.54, 1.807) is 12.1 Å². The zero-order chi connectivity index (χ0) is 20.1. The molecule has 3 rings (SSSR count). The first-order chi connectivity index (χ1) is 13.5. The van der Waals surface area contributed by atoms with Gasteiger partial charge in [-0.2, -0.15) is 0 Å². The highest BCUT2D eigenvalue weighted by Gasteiger charge is 2.27. The van der Waals surface area contributed by atoms with Crippen LogP contribution in [-0.2, 0) is 17.9 Å². The predicted molar refractivity (Wildman–Crippen MR) is 107 cm³/mol. The van der Waals surface area contributed by atoms with Crippen LogP contribution in [0.1, 0.15) is 44.8 Å². The molecule has 8 nitrogen and oxygen atoms in total. The number of nitrogens with zero attached hydrogens (tertiary/aromatic N) is 2. The summed E-state index contributed by atoms with van der Waals surface area (Å²) in [6, 6.07) is 3.45. The van der Waals surface area contributed by atoms with E-state index in [9.17, 15) is 14.4 Å². The van der Waals surface area contributed by atoms with E-state index >= 15 is 0 Å². The van der Waals surface area contributed by atoms with Gasteiger partial charge in [0.15, 0.2) is 5.69 Å². The first-order valence-electron chi connectivity index (χ1n) is 9.63. The normalized spacial score (nSPS) is 15.8. The number of furan rings is 1. The Balaban J connectivity index is 2.01. The number of carbonyl (C=O) groups excluding carboxylic acids is 1. The van der Waals surface area contributed by atoms with Crippen LogP contribution >= 0.6 is 0 Å². The average Bonchev–Trinajstić information content (AvgIpc) is 3.34. The van der Waals surface area contributed by atoms with Gasteiger partial charge in [0.1, 0.15) is 11.6 Å². The lowest BCUT2D eigenvalue weighted by atomic mass is 10.0. The van der Waals surface area contributed by atoms with Crippen LogP contribution in [0.5, 0.6) is 0 Å². The summed E-state index contributed by atoms with van der Waals surface area (Å²) in [5.74, 6) is 0.438. The Hall–Kier alpha value is -3.03. The summed E-state index contributed by atoms with van der Waals surface area (Å²) in [6.07, 6.45) is 9.30. The highest BCUT2D eigenvalue weighted by atomic mass is 16.3. The van der Waals surface area contributed by atoms with E-state index in [1.165, 1.54) is 15.7 Å². The molecule has 1 aliphatic rings. The molecule has 0 spiro atoms. The molecular formula is C20H26N4O4. The molecule has 2 aromatic heterocycles. The van der Waals surface area contributed by atoms with E-state index in [0.717, 1.165) is 25.7 Å². The van der Waals surface area contributed by atoms with Gasteiger partial charge >= 0.3 is 5.69 Å². The van der Waals surface area contributed by atoms with Crippen molar-refractivity contribution in [2.24, 2.45) is 5.92 Å². The zero-order valence-corrected chi connectivity index (χ0v) is 16.0. The molecule has 8 heteroatoms. The number of carbonyl (C=O) groups is 1. The highest BCUT2D eigenvalue weighted by Crippen LogP contribution is 2.25. The lowest BCUT2D eigenvalue weighted by molar-refractivity contribution is -0.119. The molecule has 0 bridgehead atoms. The minimum absolute atomic E-state index is 0.000852. The van der Waals surface area contributed by atoms with E-state index in [0.29, 0.717) is 12.3 Å². The van der Waals surface area contributed by atoms with Gasteiger partial charge in [-0.1, -0.05) is 25.5 Å². The van der Waals surface area contributed by atoms with E-state index < -0.39 is 11.2 Å². The van der Waals surface area contributed by atoms with Crippen LogP contribution in [0, 0.1) is 5.92 Å².